The standard InChI is InChI=1S/C4H10N2O2S/c7-9(8)6-4-1-2-5-3-4/h4-6H,1-3H2,(H,7,8)/t4-/m0/s1. The summed E-state index contributed by atoms with van der Waals surface area (Å²) in [5.41, 5.74) is 0. The first-order valence-electron chi connectivity index (χ1n) is 2.87. The fourth-order valence-electron chi connectivity index (χ4n) is 0.898. The van der Waals surface area contributed by atoms with Gasteiger partial charge in [-0.25, -0.2) is 8.93 Å². The van der Waals surface area contributed by atoms with Gasteiger partial charge in [-0.3, -0.25) is 4.55 Å². The molecule has 0 aromatic carbocycles. The predicted octanol–water partition coefficient (Wildman–Crippen LogP) is -0.925. The molecule has 0 spiro atoms. The van der Waals surface area contributed by atoms with E-state index in [-0.39, 0.29) is 6.04 Å². The van der Waals surface area contributed by atoms with Crippen molar-refractivity contribution in [2.45, 2.75) is 12.5 Å². The van der Waals surface area contributed by atoms with Gasteiger partial charge in [0.1, 0.15) is 0 Å². The third kappa shape index (κ3) is 2.40. The maximum absolute atomic E-state index is 10.1. The summed E-state index contributed by atoms with van der Waals surface area (Å²) in [4.78, 5) is 0. The Balaban J connectivity index is 2.19. The average Bonchev–Trinajstić information content (AvgIpc) is 2.15. The Labute approximate surface area is 56.4 Å². The van der Waals surface area contributed by atoms with Crippen LogP contribution in [0.15, 0.2) is 0 Å². The van der Waals surface area contributed by atoms with Crippen molar-refractivity contribution in [3.63, 3.8) is 0 Å². The number of rotatable bonds is 2. The summed E-state index contributed by atoms with van der Waals surface area (Å²) < 4.78 is 21.0. The van der Waals surface area contributed by atoms with Crippen LogP contribution in [0.3, 0.4) is 0 Å². The van der Waals surface area contributed by atoms with E-state index in [9.17, 15) is 4.21 Å². The highest BCUT2D eigenvalue weighted by Gasteiger charge is 2.14. The minimum atomic E-state index is -1.85. The van der Waals surface area contributed by atoms with Crippen molar-refractivity contribution in [2.75, 3.05) is 13.1 Å². The fraction of sp³-hybridized carbons (Fsp3) is 1.00. The van der Waals surface area contributed by atoms with Gasteiger partial charge in [0.2, 0.25) is 11.3 Å². The lowest BCUT2D eigenvalue weighted by Crippen LogP contribution is -2.31. The van der Waals surface area contributed by atoms with E-state index in [1.54, 1.807) is 0 Å². The molecule has 1 aliphatic rings. The van der Waals surface area contributed by atoms with Gasteiger partial charge in [0.15, 0.2) is 0 Å². The lowest BCUT2D eigenvalue weighted by molar-refractivity contribution is 0.530. The van der Waals surface area contributed by atoms with Crippen molar-refractivity contribution in [1.29, 1.82) is 0 Å². The molecular weight excluding hydrogens is 140 g/mol. The second-order valence-electron chi connectivity index (χ2n) is 2.06. The molecule has 0 aliphatic carbocycles. The van der Waals surface area contributed by atoms with Crippen molar-refractivity contribution in [1.82, 2.24) is 10.0 Å². The van der Waals surface area contributed by atoms with E-state index in [4.69, 9.17) is 4.55 Å². The van der Waals surface area contributed by atoms with Gasteiger partial charge in [0.25, 0.3) is 0 Å². The highest BCUT2D eigenvalue weighted by Crippen LogP contribution is 1.96. The molecule has 1 saturated heterocycles. The molecule has 0 amide bonds. The highest BCUT2D eigenvalue weighted by atomic mass is 32.2. The number of hydrogen-bond acceptors (Lipinski definition) is 2. The van der Waals surface area contributed by atoms with E-state index in [1.807, 2.05) is 0 Å². The Morgan fingerprint density at radius 2 is 2.56 bits per heavy atom. The SMILES string of the molecule is O=S(O)N[C@H]1CCNC1. The van der Waals surface area contributed by atoms with Gasteiger partial charge in [0, 0.05) is 12.6 Å². The second-order valence-corrected chi connectivity index (χ2v) is 2.79. The lowest BCUT2D eigenvalue weighted by Gasteiger charge is -2.04. The highest BCUT2D eigenvalue weighted by molar-refractivity contribution is 7.77. The second kappa shape index (κ2) is 3.26. The summed E-state index contributed by atoms with van der Waals surface area (Å²) in [6, 6.07) is 0.177. The third-order valence-corrected chi connectivity index (χ3v) is 1.86. The van der Waals surface area contributed by atoms with E-state index >= 15 is 0 Å². The molecule has 1 rings (SSSR count). The monoisotopic (exact) mass is 150 g/mol. The fourth-order valence-corrected chi connectivity index (χ4v) is 1.38. The average molecular weight is 150 g/mol. The molecule has 0 aromatic heterocycles. The van der Waals surface area contributed by atoms with Crippen LogP contribution >= 0.6 is 0 Å². The summed E-state index contributed by atoms with van der Waals surface area (Å²) in [6.07, 6.45) is 0.937. The summed E-state index contributed by atoms with van der Waals surface area (Å²) in [6.45, 7) is 1.74. The van der Waals surface area contributed by atoms with Crippen LogP contribution in [0, 0.1) is 0 Å². The minimum absolute atomic E-state index is 0.177. The van der Waals surface area contributed by atoms with Crippen LogP contribution in [0.5, 0.6) is 0 Å². The largest absolute Gasteiger partial charge is 0.315 e. The molecule has 1 unspecified atom stereocenters. The molecule has 4 nitrogen and oxygen atoms in total. The molecule has 0 bridgehead atoms. The Kier molecular flexibility index (Phi) is 2.59. The molecule has 0 saturated carbocycles. The zero-order valence-corrected chi connectivity index (χ0v) is 5.78. The van der Waals surface area contributed by atoms with E-state index in [2.05, 4.69) is 10.0 Å². The topological polar surface area (TPSA) is 61.4 Å². The summed E-state index contributed by atoms with van der Waals surface area (Å²) in [5.74, 6) is 0. The lowest BCUT2D eigenvalue weighted by atomic mass is 10.3. The number of hydrogen-bond donors (Lipinski definition) is 3. The zero-order chi connectivity index (χ0) is 6.69. The van der Waals surface area contributed by atoms with E-state index in [0.29, 0.717) is 0 Å². The van der Waals surface area contributed by atoms with Crippen LogP contribution < -0.4 is 10.0 Å². The van der Waals surface area contributed by atoms with E-state index in [1.165, 1.54) is 0 Å². The molecule has 3 N–H and O–H groups in total. The van der Waals surface area contributed by atoms with Crippen LogP contribution in [0.25, 0.3) is 0 Å². The predicted molar refractivity (Wildman–Crippen MR) is 35.2 cm³/mol. The van der Waals surface area contributed by atoms with Crippen LogP contribution in [0.2, 0.25) is 0 Å². The molecule has 9 heavy (non-hydrogen) atoms. The Morgan fingerprint density at radius 3 is 3.00 bits per heavy atom. The van der Waals surface area contributed by atoms with Crippen molar-refractivity contribution in [2.24, 2.45) is 0 Å². The van der Waals surface area contributed by atoms with Crippen LogP contribution in [-0.4, -0.2) is 27.9 Å². The first kappa shape index (κ1) is 7.14. The van der Waals surface area contributed by atoms with Gasteiger partial charge in [-0.1, -0.05) is 0 Å². The Hall–Kier alpha value is 0.0300. The third-order valence-electron chi connectivity index (χ3n) is 1.33. The van der Waals surface area contributed by atoms with Crippen LogP contribution in [0.4, 0.5) is 0 Å². The van der Waals surface area contributed by atoms with Crippen molar-refractivity contribution >= 4 is 11.3 Å². The Morgan fingerprint density at radius 1 is 1.78 bits per heavy atom. The van der Waals surface area contributed by atoms with Gasteiger partial charge in [-0.05, 0) is 13.0 Å². The zero-order valence-electron chi connectivity index (χ0n) is 4.96. The van der Waals surface area contributed by atoms with Gasteiger partial charge < -0.3 is 5.32 Å². The van der Waals surface area contributed by atoms with Crippen molar-refractivity contribution in [3.8, 4) is 0 Å². The molecule has 2 atom stereocenters. The van der Waals surface area contributed by atoms with E-state index in [0.717, 1.165) is 19.5 Å². The van der Waals surface area contributed by atoms with E-state index < -0.39 is 11.3 Å². The molecule has 5 heteroatoms. The molecule has 1 heterocycles. The van der Waals surface area contributed by atoms with Crippen molar-refractivity contribution in [3.05, 3.63) is 0 Å². The van der Waals surface area contributed by atoms with Crippen LogP contribution in [0.1, 0.15) is 6.42 Å². The molecule has 1 aliphatic heterocycles. The molecule has 0 radical (unpaired) electrons. The normalized spacial score (nSPS) is 30.6. The first-order valence-corrected chi connectivity index (χ1v) is 3.97. The maximum Gasteiger partial charge on any atom is 0.232 e. The molecule has 1 fully saturated rings. The summed E-state index contributed by atoms with van der Waals surface area (Å²) in [7, 11) is 0. The molecular formula is C4H10N2O2S. The van der Waals surface area contributed by atoms with Gasteiger partial charge in [0.05, 0.1) is 0 Å². The molecule has 54 valence electrons. The first-order chi connectivity index (χ1) is 4.29. The van der Waals surface area contributed by atoms with Gasteiger partial charge in [-0.2, -0.15) is 0 Å². The van der Waals surface area contributed by atoms with Gasteiger partial charge in [-0.15, -0.1) is 0 Å². The minimum Gasteiger partial charge on any atom is -0.315 e. The smallest absolute Gasteiger partial charge is 0.232 e. The Bertz CT molecular complexity index is 113. The quantitative estimate of drug-likeness (QED) is 0.446. The van der Waals surface area contributed by atoms with Crippen LogP contribution in [-0.2, 0) is 11.3 Å². The maximum atomic E-state index is 10.1. The summed E-state index contributed by atoms with van der Waals surface area (Å²) >= 11 is -1.85. The number of nitrogens with one attached hydrogen (secondary N) is 2. The van der Waals surface area contributed by atoms with Gasteiger partial charge >= 0.3 is 0 Å². The molecule has 0 aromatic rings. The van der Waals surface area contributed by atoms with Crippen molar-refractivity contribution < 1.29 is 8.76 Å². The summed E-state index contributed by atoms with van der Waals surface area (Å²) in [5, 5.41) is 3.07.